The van der Waals surface area contributed by atoms with Gasteiger partial charge in [-0.05, 0) is 81.4 Å². The van der Waals surface area contributed by atoms with Crippen LogP contribution in [0.15, 0.2) is 115 Å². The summed E-state index contributed by atoms with van der Waals surface area (Å²) in [6.45, 7) is 24.2. The van der Waals surface area contributed by atoms with Crippen LogP contribution in [0.25, 0.3) is 11.1 Å². The summed E-state index contributed by atoms with van der Waals surface area (Å²) < 4.78 is 0. The number of nitrogens with zero attached hydrogens (tertiary/aromatic N) is 4. The molecule has 0 saturated heterocycles. The zero-order valence-electron chi connectivity index (χ0n) is 31.9. The van der Waals surface area contributed by atoms with E-state index in [1.807, 2.05) is 107 Å². The first-order chi connectivity index (χ1) is 23.8. The molecule has 2 aromatic rings. The number of carbonyl (C=O) groups is 2. The molecule has 0 unspecified atom stereocenters. The molecule has 274 valence electrons. The maximum atomic E-state index is 13.3. The number of carbonyl (C=O) groups excluding carboxylic acids is 2. The van der Waals surface area contributed by atoms with E-state index in [2.05, 4.69) is 20.5 Å². The van der Waals surface area contributed by atoms with Gasteiger partial charge in [0.25, 0.3) is 0 Å². The summed E-state index contributed by atoms with van der Waals surface area (Å²) in [5.74, 6) is 0.0723. The number of benzene rings is 2. The fourth-order valence-corrected chi connectivity index (χ4v) is 6.60. The molecule has 4 rings (SSSR count). The normalized spacial score (nSPS) is 16.4. The van der Waals surface area contributed by atoms with Crippen LogP contribution in [0.4, 0.5) is 11.4 Å². The average Bonchev–Trinajstić information content (AvgIpc) is 2.99. The maximum absolute atomic E-state index is 13.3. The lowest BCUT2D eigenvalue weighted by Crippen LogP contribution is -2.27. The molecule has 6 nitrogen and oxygen atoms in total. The van der Waals surface area contributed by atoms with Gasteiger partial charge >= 0.3 is 0 Å². The molecule has 0 heterocycles. The van der Waals surface area contributed by atoms with E-state index in [4.69, 9.17) is 46.4 Å². The SMILES string of the molecule is CC(C)(C)C1=CC(=CN=Nc2cc(Cl)cc(-c3cc(Cl)cc(N=NC=C4C=C(C(C)(C)C)C(=O)C(C(C)(C)C)=C4)c3Cl)c2Cl)C=C(C(C)(C)C)C1=O. The molecule has 0 saturated carbocycles. The molecule has 2 aromatic carbocycles. The summed E-state index contributed by atoms with van der Waals surface area (Å²) in [7, 11) is 0. The highest BCUT2D eigenvalue weighted by atomic mass is 35.5. The van der Waals surface area contributed by atoms with Crippen molar-refractivity contribution in [3.63, 3.8) is 0 Å². The molecule has 52 heavy (non-hydrogen) atoms. The van der Waals surface area contributed by atoms with E-state index < -0.39 is 0 Å². The van der Waals surface area contributed by atoms with Gasteiger partial charge < -0.3 is 0 Å². The number of allylic oxidation sites excluding steroid dienone is 10. The minimum atomic E-state index is -0.356. The molecular formula is C42H46Cl4N4O2. The standard InChI is InChI=1S/C42H46Cl4N4O2/c1-39(2,3)29-13-23(14-30(37(29)51)40(4,5)6)21-47-49-33-19-25(43)17-27(35(33)45)28-18-26(44)20-34(36(28)46)50-48-22-24-15-31(41(7,8)9)38(52)32(16-24)42(10,11)12/h13-22H,1-12H3. The minimum Gasteiger partial charge on any atom is -0.289 e. The topological polar surface area (TPSA) is 83.6 Å². The summed E-state index contributed by atoms with van der Waals surface area (Å²) in [6.07, 6.45) is 10.6. The number of Topliss-reactive ketones (excluding diaryl/α,β-unsaturated/α-hetero) is 2. The Labute approximate surface area is 328 Å². The Hall–Kier alpha value is -3.42. The van der Waals surface area contributed by atoms with Crippen LogP contribution in [-0.4, -0.2) is 11.6 Å². The van der Waals surface area contributed by atoms with Crippen LogP contribution in [0.2, 0.25) is 20.1 Å². The first kappa shape index (κ1) is 41.3. The molecular weight excluding hydrogens is 734 g/mol. The molecule has 0 spiro atoms. The Morgan fingerprint density at radius 1 is 0.462 bits per heavy atom. The van der Waals surface area contributed by atoms with Crippen molar-refractivity contribution in [2.75, 3.05) is 0 Å². The smallest absolute Gasteiger partial charge is 0.186 e. The van der Waals surface area contributed by atoms with Gasteiger partial charge in [0.05, 0.1) is 22.4 Å². The third kappa shape index (κ3) is 9.57. The van der Waals surface area contributed by atoms with Gasteiger partial charge in [-0.3, -0.25) is 9.59 Å². The Morgan fingerprint density at radius 3 is 0.981 bits per heavy atom. The lowest BCUT2D eigenvalue weighted by atomic mass is 9.72. The summed E-state index contributed by atoms with van der Waals surface area (Å²) >= 11 is 26.9. The van der Waals surface area contributed by atoms with Crippen molar-refractivity contribution in [3.05, 3.63) is 114 Å². The van der Waals surface area contributed by atoms with Crippen LogP contribution >= 0.6 is 46.4 Å². The second-order valence-electron chi connectivity index (χ2n) is 17.2. The predicted molar refractivity (Wildman–Crippen MR) is 217 cm³/mol. The van der Waals surface area contributed by atoms with Crippen molar-refractivity contribution in [2.24, 2.45) is 42.1 Å². The summed E-state index contributed by atoms with van der Waals surface area (Å²) in [5, 5.41) is 18.7. The van der Waals surface area contributed by atoms with E-state index in [-0.39, 0.29) is 43.3 Å². The van der Waals surface area contributed by atoms with Gasteiger partial charge in [-0.1, -0.05) is 129 Å². The van der Waals surface area contributed by atoms with Crippen molar-refractivity contribution < 1.29 is 9.59 Å². The van der Waals surface area contributed by atoms with Crippen LogP contribution in [0.3, 0.4) is 0 Å². The van der Waals surface area contributed by atoms with Crippen LogP contribution in [0.5, 0.6) is 0 Å². The van der Waals surface area contributed by atoms with E-state index in [0.717, 1.165) is 11.1 Å². The number of azo groups is 2. The quantitative estimate of drug-likeness (QED) is 0.283. The molecule has 2 aliphatic carbocycles. The Kier molecular flexibility index (Phi) is 12.0. The number of halogens is 4. The molecule has 2 aliphatic rings. The van der Waals surface area contributed by atoms with E-state index in [1.54, 1.807) is 36.7 Å². The minimum absolute atomic E-state index is 0.0362. The Morgan fingerprint density at radius 2 is 0.731 bits per heavy atom. The predicted octanol–water partition coefficient (Wildman–Crippen LogP) is 15.0. The average molecular weight is 781 g/mol. The van der Waals surface area contributed by atoms with Crippen molar-refractivity contribution in [3.8, 4) is 11.1 Å². The number of hydrogen-bond acceptors (Lipinski definition) is 6. The summed E-state index contributed by atoms with van der Waals surface area (Å²) in [6, 6.07) is 6.54. The molecule has 0 amide bonds. The molecule has 0 atom stereocenters. The second-order valence-corrected chi connectivity index (χ2v) is 18.8. The van der Waals surface area contributed by atoms with Gasteiger partial charge in [-0.25, -0.2) is 0 Å². The zero-order valence-corrected chi connectivity index (χ0v) is 34.9. The van der Waals surface area contributed by atoms with Crippen molar-refractivity contribution in [1.29, 1.82) is 0 Å². The molecule has 0 aromatic heterocycles. The third-order valence-electron chi connectivity index (χ3n) is 8.53. The van der Waals surface area contributed by atoms with Gasteiger partial charge in [0, 0.05) is 43.5 Å². The Bertz CT molecular complexity index is 1860. The van der Waals surface area contributed by atoms with Gasteiger partial charge in [0.15, 0.2) is 11.6 Å². The number of rotatable bonds is 5. The van der Waals surface area contributed by atoms with E-state index in [1.165, 1.54) is 0 Å². The van der Waals surface area contributed by atoms with E-state index >= 15 is 0 Å². The highest BCUT2D eigenvalue weighted by Crippen LogP contribution is 2.46. The van der Waals surface area contributed by atoms with Gasteiger partial charge in [0.1, 0.15) is 11.4 Å². The van der Waals surface area contributed by atoms with Gasteiger partial charge in [-0.2, -0.15) is 10.2 Å². The van der Waals surface area contributed by atoms with Gasteiger partial charge in [0.2, 0.25) is 0 Å². The van der Waals surface area contributed by atoms with Crippen LogP contribution in [0, 0.1) is 21.7 Å². The summed E-state index contributed by atoms with van der Waals surface area (Å²) in [4.78, 5) is 26.6. The zero-order chi connectivity index (χ0) is 39.1. The molecule has 0 bridgehead atoms. The van der Waals surface area contributed by atoms with Crippen molar-refractivity contribution in [2.45, 2.75) is 83.1 Å². The molecule has 0 N–H and O–H groups in total. The van der Waals surface area contributed by atoms with E-state index in [0.29, 0.717) is 54.8 Å². The van der Waals surface area contributed by atoms with Crippen molar-refractivity contribution >= 4 is 69.3 Å². The summed E-state index contributed by atoms with van der Waals surface area (Å²) in [5.41, 5.74) is 4.46. The van der Waals surface area contributed by atoms with Crippen LogP contribution < -0.4 is 0 Å². The van der Waals surface area contributed by atoms with Crippen LogP contribution in [-0.2, 0) is 9.59 Å². The molecule has 0 radical (unpaired) electrons. The first-order valence-corrected chi connectivity index (χ1v) is 18.5. The molecule has 0 aliphatic heterocycles. The fraction of sp³-hybridized carbons (Fsp3) is 0.381. The van der Waals surface area contributed by atoms with Crippen molar-refractivity contribution in [1.82, 2.24) is 0 Å². The number of ketones is 2. The highest BCUT2D eigenvalue weighted by Gasteiger charge is 2.35. The lowest BCUT2D eigenvalue weighted by Gasteiger charge is -2.31. The largest absolute Gasteiger partial charge is 0.289 e. The maximum Gasteiger partial charge on any atom is 0.186 e. The molecule has 10 heteroatoms. The highest BCUT2D eigenvalue weighted by molar-refractivity contribution is 6.41. The van der Waals surface area contributed by atoms with Crippen LogP contribution in [0.1, 0.15) is 83.1 Å². The first-order valence-electron chi connectivity index (χ1n) is 17.0. The monoisotopic (exact) mass is 778 g/mol. The Balaban J connectivity index is 1.74. The second kappa shape index (κ2) is 15.1. The van der Waals surface area contributed by atoms with E-state index in [9.17, 15) is 9.59 Å². The number of hydrogen-bond donors (Lipinski definition) is 0. The fourth-order valence-electron chi connectivity index (χ4n) is 5.68. The lowest BCUT2D eigenvalue weighted by molar-refractivity contribution is -0.114. The molecule has 0 fully saturated rings. The third-order valence-corrected chi connectivity index (χ3v) is 9.76. The van der Waals surface area contributed by atoms with Gasteiger partial charge in [-0.15, -0.1) is 10.2 Å².